The van der Waals surface area contributed by atoms with Crippen molar-refractivity contribution in [3.8, 4) is 0 Å². The molecular weight excluding hydrogens is 163 g/mol. The molecule has 4 nitrogen and oxygen atoms in total. The van der Waals surface area contributed by atoms with Crippen LogP contribution in [0.2, 0.25) is 0 Å². The fourth-order valence-electron chi connectivity index (χ4n) is 0.149. The van der Waals surface area contributed by atoms with E-state index in [1.807, 2.05) is 13.8 Å². The molecule has 0 fully saturated rings. The second-order valence-electron chi connectivity index (χ2n) is 1.76. The van der Waals surface area contributed by atoms with Gasteiger partial charge >= 0.3 is 23.5 Å². The van der Waals surface area contributed by atoms with Crippen LogP contribution in [0.4, 0.5) is 0 Å². The Labute approximate surface area is 60.7 Å². The molecule has 55 valence electrons. The van der Waals surface area contributed by atoms with Crippen LogP contribution in [-0.2, 0) is 28.4 Å². The van der Waals surface area contributed by atoms with E-state index in [9.17, 15) is 0 Å². The molecule has 0 aliphatic heterocycles. The van der Waals surface area contributed by atoms with Crippen molar-refractivity contribution in [2.24, 2.45) is 5.92 Å². The molecule has 0 aliphatic carbocycles. The molecule has 0 aliphatic rings. The second-order valence-corrected chi connectivity index (χ2v) is 2.00. The molecule has 0 amide bonds. The maximum absolute atomic E-state index is 8.47. The zero-order valence-electron chi connectivity index (χ0n) is 5.40. The second kappa shape index (κ2) is 11.0. The van der Waals surface area contributed by atoms with Crippen LogP contribution < -0.4 is 0 Å². The third-order valence-corrected chi connectivity index (χ3v) is 0.408. The van der Waals surface area contributed by atoms with Gasteiger partial charge in [-0.05, 0) is 5.92 Å². The van der Waals surface area contributed by atoms with E-state index in [4.69, 9.17) is 12.6 Å². The van der Waals surface area contributed by atoms with Crippen molar-refractivity contribution >= 4 is 0 Å². The first-order valence-electron chi connectivity index (χ1n) is 2.40. The Morgan fingerprint density at radius 2 is 1.89 bits per heavy atom. The topological polar surface area (TPSA) is 63.6 Å². The van der Waals surface area contributed by atoms with Crippen LogP contribution in [0.5, 0.6) is 0 Å². The third-order valence-electron chi connectivity index (χ3n) is 0.408. The summed E-state index contributed by atoms with van der Waals surface area (Å²) < 4.78 is 16.9. The Bertz CT molecular complexity index is 76.6. The average molecular weight is 173 g/mol. The van der Waals surface area contributed by atoms with Gasteiger partial charge in [-0.25, -0.2) is 4.89 Å². The summed E-state index contributed by atoms with van der Waals surface area (Å²) in [5, 5.41) is 7.74. The quantitative estimate of drug-likeness (QED) is 0.497. The summed E-state index contributed by atoms with van der Waals surface area (Å²) in [7, 11) is 0. The van der Waals surface area contributed by atoms with Crippen LogP contribution in [0.3, 0.4) is 0 Å². The van der Waals surface area contributed by atoms with Crippen LogP contribution in [-0.4, -0.2) is 11.9 Å². The molecule has 0 aromatic rings. The van der Waals surface area contributed by atoms with E-state index < -0.39 is 16.2 Å². The Kier molecular flexibility index (Phi) is 14.5. The van der Waals surface area contributed by atoms with Gasteiger partial charge in [0, 0.05) is 0 Å². The molecule has 0 heterocycles. The molecule has 0 spiro atoms. The molecular formula is C4H10O4V. The Morgan fingerprint density at radius 1 is 1.56 bits per heavy atom. The number of rotatable bonds is 2. The molecule has 0 bridgehead atoms. The van der Waals surface area contributed by atoms with Crippen molar-refractivity contribution in [3.05, 3.63) is 0 Å². The molecule has 0 saturated carbocycles. The normalized spacial score (nSPS) is 7.56. The third kappa shape index (κ3) is 31.3. The van der Waals surface area contributed by atoms with Crippen LogP contribution >= 0.6 is 0 Å². The van der Waals surface area contributed by atoms with Gasteiger partial charge in [0.2, 0.25) is 0 Å². The van der Waals surface area contributed by atoms with Gasteiger partial charge in [0.05, 0.1) is 6.61 Å². The summed E-state index contributed by atoms with van der Waals surface area (Å²) in [6, 6.07) is 0. The molecule has 0 atom stereocenters. The van der Waals surface area contributed by atoms with E-state index in [-0.39, 0.29) is 0 Å². The van der Waals surface area contributed by atoms with Gasteiger partial charge in [-0.15, -0.1) is 0 Å². The number of hydrogen-bond donors (Lipinski definition) is 1. The van der Waals surface area contributed by atoms with E-state index in [0.29, 0.717) is 12.5 Å². The Hall–Kier alpha value is 0.104. The van der Waals surface area contributed by atoms with E-state index in [1.54, 1.807) is 0 Å². The van der Waals surface area contributed by atoms with E-state index >= 15 is 0 Å². The van der Waals surface area contributed by atoms with Crippen molar-refractivity contribution in [2.45, 2.75) is 13.8 Å². The Morgan fingerprint density at radius 3 is 1.89 bits per heavy atom. The Balaban J connectivity index is 0. The minimum atomic E-state index is -1.81. The van der Waals surface area contributed by atoms with Gasteiger partial charge in [0.15, 0.2) is 0 Å². The molecule has 9 heavy (non-hydrogen) atoms. The van der Waals surface area contributed by atoms with Crippen molar-refractivity contribution < 1.29 is 33.7 Å². The molecule has 0 radical (unpaired) electrons. The van der Waals surface area contributed by atoms with Crippen LogP contribution in [0.25, 0.3) is 0 Å². The van der Waals surface area contributed by atoms with Gasteiger partial charge < -0.3 is 0 Å². The monoisotopic (exact) mass is 173 g/mol. The maximum atomic E-state index is 8.47. The van der Waals surface area contributed by atoms with Gasteiger partial charge in [-0.2, -0.15) is 0 Å². The van der Waals surface area contributed by atoms with Crippen LogP contribution in [0, 0.1) is 5.92 Å². The molecule has 0 rings (SSSR count). The van der Waals surface area contributed by atoms with E-state index in [2.05, 4.69) is 4.89 Å². The van der Waals surface area contributed by atoms with Gasteiger partial charge in [0.25, 0.3) is 0 Å². The molecule has 5 heteroatoms. The van der Waals surface area contributed by atoms with Crippen molar-refractivity contribution in [1.82, 2.24) is 0 Å². The van der Waals surface area contributed by atoms with Crippen molar-refractivity contribution in [1.29, 1.82) is 0 Å². The molecule has 1 N–H and O–H groups in total. The van der Waals surface area contributed by atoms with Gasteiger partial charge in [0.1, 0.15) is 0 Å². The summed E-state index contributed by atoms with van der Waals surface area (Å²) in [6.07, 6.45) is 0. The minimum absolute atomic E-state index is 0.426. The zero-order valence-corrected chi connectivity index (χ0v) is 6.80. The predicted octanol–water partition coefficient (Wildman–Crippen LogP) is 0.892. The van der Waals surface area contributed by atoms with Crippen molar-refractivity contribution in [2.75, 3.05) is 6.61 Å². The summed E-state index contributed by atoms with van der Waals surface area (Å²) in [4.78, 5) is 3.80. The molecule has 0 aromatic carbocycles. The summed E-state index contributed by atoms with van der Waals surface area (Å²) >= 11 is -1.81. The molecule has 0 unspecified atom stereocenters. The van der Waals surface area contributed by atoms with E-state index in [1.165, 1.54) is 0 Å². The van der Waals surface area contributed by atoms with Gasteiger partial charge in [-0.3, -0.25) is 5.26 Å². The van der Waals surface area contributed by atoms with Crippen LogP contribution in [0.1, 0.15) is 13.8 Å². The molecule has 0 saturated heterocycles. The summed E-state index contributed by atoms with van der Waals surface area (Å²) in [5.74, 6) is 0.426. The average Bonchev–Trinajstić information content (AvgIpc) is 1.67. The van der Waals surface area contributed by atoms with Crippen LogP contribution in [0.15, 0.2) is 0 Å². The van der Waals surface area contributed by atoms with Crippen molar-refractivity contribution in [3.63, 3.8) is 0 Å². The van der Waals surface area contributed by atoms with E-state index in [0.717, 1.165) is 0 Å². The van der Waals surface area contributed by atoms with Gasteiger partial charge in [-0.1, -0.05) is 13.8 Å². The first-order chi connectivity index (χ1) is 4.18. The zero-order chi connectivity index (χ0) is 7.70. The SMILES string of the molecule is CC(C)COO.[O]=[V]=[O]. The summed E-state index contributed by atoms with van der Waals surface area (Å²) in [6.45, 7) is 4.37. The molecule has 0 aromatic heterocycles. The first kappa shape index (κ1) is 11.8. The predicted molar refractivity (Wildman–Crippen MR) is 24.8 cm³/mol. The fourth-order valence-corrected chi connectivity index (χ4v) is 0.149. The fraction of sp³-hybridized carbons (Fsp3) is 1.00. The first-order valence-corrected chi connectivity index (χ1v) is 3.54. The standard InChI is InChI=1S/C4H10O2.2O.V/c1-4(2)3-6-5;;;/h4-5H,3H2,1-2H3;;;. The summed E-state index contributed by atoms with van der Waals surface area (Å²) in [5.41, 5.74) is 0. The number of hydrogen-bond acceptors (Lipinski definition) is 4.